The Kier molecular flexibility index (Phi) is 48.5. The van der Waals surface area contributed by atoms with E-state index in [1.54, 1.807) is 6.08 Å². The zero-order valence-electron chi connectivity index (χ0n) is 51.3. The van der Waals surface area contributed by atoms with Crippen molar-refractivity contribution in [1.82, 2.24) is 5.32 Å². The topological polar surface area (TPSA) is 228 Å². The summed E-state index contributed by atoms with van der Waals surface area (Å²) in [6, 6.07) is -0.943. The van der Waals surface area contributed by atoms with Crippen molar-refractivity contribution in [3.8, 4) is 0 Å². The molecule has 0 aromatic heterocycles. The molecule has 81 heavy (non-hydrogen) atoms. The molecule has 14 nitrogen and oxygen atoms in total. The third-order valence-corrected chi connectivity index (χ3v) is 16.2. The molecule has 2 rings (SSSR count). The summed E-state index contributed by atoms with van der Waals surface area (Å²) in [4.78, 5) is 13.2. The number of hydrogen-bond donors (Lipinski definition) is 9. The van der Waals surface area contributed by atoms with Crippen molar-refractivity contribution in [3.05, 3.63) is 48.6 Å². The zero-order valence-corrected chi connectivity index (χ0v) is 51.3. The average molecular weight is 1150 g/mol. The number of unbranched alkanes of at least 4 members (excludes halogenated alkanes) is 35. The van der Waals surface area contributed by atoms with Crippen molar-refractivity contribution in [1.29, 1.82) is 0 Å². The normalized spacial score (nSPS) is 24.4. The summed E-state index contributed by atoms with van der Waals surface area (Å²) >= 11 is 0. The molecule has 0 spiro atoms. The number of allylic oxidation sites excluding steroid dienone is 7. The van der Waals surface area contributed by atoms with E-state index in [-0.39, 0.29) is 18.9 Å². The number of aliphatic hydroxyl groups is 8. The molecule has 0 aromatic carbocycles. The van der Waals surface area contributed by atoms with Gasteiger partial charge in [-0.2, -0.15) is 0 Å². The van der Waals surface area contributed by atoms with Crippen LogP contribution in [-0.4, -0.2) is 140 Å². The molecular formula is C67H123NO13. The zero-order chi connectivity index (χ0) is 58.8. The summed E-state index contributed by atoms with van der Waals surface area (Å²) in [5, 5.41) is 87.2. The number of carbonyl (C=O) groups excluding carboxylic acids is 1. The first-order valence-corrected chi connectivity index (χ1v) is 33.4. The van der Waals surface area contributed by atoms with Crippen molar-refractivity contribution in [2.24, 2.45) is 0 Å². The highest BCUT2D eigenvalue weighted by Crippen LogP contribution is 2.30. The Labute approximate surface area is 493 Å². The number of amides is 1. The van der Waals surface area contributed by atoms with Crippen molar-refractivity contribution in [3.63, 3.8) is 0 Å². The van der Waals surface area contributed by atoms with Gasteiger partial charge in [-0.3, -0.25) is 4.79 Å². The predicted octanol–water partition coefficient (Wildman–Crippen LogP) is 12.7. The number of ether oxygens (including phenoxy) is 4. The lowest BCUT2D eigenvalue weighted by Crippen LogP contribution is -2.65. The molecule has 9 N–H and O–H groups in total. The second-order valence-electron chi connectivity index (χ2n) is 23.6. The minimum Gasteiger partial charge on any atom is -0.394 e. The van der Waals surface area contributed by atoms with Gasteiger partial charge < -0.3 is 65.1 Å². The van der Waals surface area contributed by atoms with Gasteiger partial charge in [0.2, 0.25) is 5.91 Å². The SMILES string of the molecule is CCCCCCCC/C=C\CCCCCCCC(=O)NC(COC1OC(CO)C(OC2OC(CO)C(O)C(O)C2O)C(O)C1O)C(O)/C=C/CC/C=C/CC/C=C/CCCCCCCCCCCCCCCCCCCCCCCC. The van der Waals surface area contributed by atoms with Crippen molar-refractivity contribution in [2.45, 2.75) is 351 Å². The summed E-state index contributed by atoms with van der Waals surface area (Å²) in [6.07, 6.45) is 50.4. The first-order chi connectivity index (χ1) is 39.6. The van der Waals surface area contributed by atoms with E-state index in [1.165, 1.54) is 180 Å². The molecule has 0 saturated carbocycles. The summed E-state index contributed by atoms with van der Waals surface area (Å²) in [5.74, 6) is -0.261. The number of rotatable bonds is 54. The fraction of sp³-hybridized carbons (Fsp3) is 0.866. The third kappa shape index (κ3) is 37.2. The van der Waals surface area contributed by atoms with Gasteiger partial charge in [-0.1, -0.05) is 249 Å². The fourth-order valence-electron chi connectivity index (χ4n) is 10.8. The van der Waals surface area contributed by atoms with Gasteiger partial charge in [0.15, 0.2) is 12.6 Å². The molecular weight excluding hydrogens is 1030 g/mol. The Hall–Kier alpha value is -2.05. The molecule has 14 heteroatoms. The van der Waals surface area contributed by atoms with Crippen LogP contribution >= 0.6 is 0 Å². The summed E-state index contributed by atoms with van der Waals surface area (Å²) < 4.78 is 22.8. The predicted molar refractivity (Wildman–Crippen MR) is 327 cm³/mol. The van der Waals surface area contributed by atoms with Crippen LogP contribution in [0.25, 0.3) is 0 Å². The maximum absolute atomic E-state index is 13.2. The van der Waals surface area contributed by atoms with Crippen LogP contribution in [0.4, 0.5) is 0 Å². The van der Waals surface area contributed by atoms with Crippen LogP contribution in [0.2, 0.25) is 0 Å². The minimum absolute atomic E-state index is 0.259. The number of carbonyl (C=O) groups is 1. The standard InChI is InChI=1S/C67H123NO13/c1-3-5-7-9-11-13-15-17-19-20-21-22-23-24-25-26-27-28-29-30-31-32-33-34-35-37-38-40-42-44-46-48-50-56(71)55(68-59(72)51-49-47-45-43-41-39-36-18-16-14-12-10-8-6-4-2)54-78-66-64(77)62(75)65(58(53-70)80-66)81-67-63(76)61(74)60(73)57(52-69)79-67/h18,34-36,40,42,48,50,55-58,60-67,69-71,73-77H,3-17,19-33,37-39,41,43-47,49,51-54H2,1-2H3,(H,68,72)/b35-34+,36-18-,42-40+,50-48+. The van der Waals surface area contributed by atoms with Crippen LogP contribution in [0, 0.1) is 0 Å². The quantitative estimate of drug-likeness (QED) is 0.0204. The van der Waals surface area contributed by atoms with Gasteiger partial charge in [0.1, 0.15) is 48.8 Å². The van der Waals surface area contributed by atoms with E-state index in [4.69, 9.17) is 18.9 Å². The molecule has 2 fully saturated rings. The van der Waals surface area contributed by atoms with E-state index in [0.29, 0.717) is 12.8 Å². The summed E-state index contributed by atoms with van der Waals surface area (Å²) in [6.45, 7) is 2.78. The van der Waals surface area contributed by atoms with E-state index in [1.807, 2.05) is 6.08 Å². The molecule has 474 valence electrons. The van der Waals surface area contributed by atoms with Crippen LogP contribution in [0.1, 0.15) is 277 Å². The molecule has 2 heterocycles. The maximum atomic E-state index is 13.2. The third-order valence-electron chi connectivity index (χ3n) is 16.2. The Balaban J connectivity index is 1.69. The van der Waals surface area contributed by atoms with E-state index in [9.17, 15) is 45.6 Å². The van der Waals surface area contributed by atoms with Gasteiger partial charge in [-0.25, -0.2) is 0 Å². The molecule has 0 bridgehead atoms. The van der Waals surface area contributed by atoms with Crippen molar-refractivity contribution >= 4 is 5.91 Å². The lowest BCUT2D eigenvalue weighted by molar-refractivity contribution is -0.359. The fourth-order valence-corrected chi connectivity index (χ4v) is 10.8. The van der Waals surface area contributed by atoms with Gasteiger partial charge in [0.05, 0.1) is 32.0 Å². The molecule has 12 atom stereocenters. The monoisotopic (exact) mass is 1150 g/mol. The highest BCUT2D eigenvalue weighted by molar-refractivity contribution is 5.76. The Morgan fingerprint density at radius 1 is 0.432 bits per heavy atom. The molecule has 2 aliphatic rings. The molecule has 0 radical (unpaired) electrons. The van der Waals surface area contributed by atoms with Gasteiger partial charge >= 0.3 is 0 Å². The van der Waals surface area contributed by atoms with Gasteiger partial charge in [0.25, 0.3) is 0 Å². The number of aliphatic hydroxyl groups excluding tert-OH is 8. The molecule has 0 aliphatic carbocycles. The second kappa shape index (κ2) is 52.3. The second-order valence-corrected chi connectivity index (χ2v) is 23.6. The van der Waals surface area contributed by atoms with E-state index < -0.39 is 86.8 Å². The van der Waals surface area contributed by atoms with Crippen molar-refractivity contribution < 1.29 is 64.6 Å². The Morgan fingerprint density at radius 2 is 0.790 bits per heavy atom. The maximum Gasteiger partial charge on any atom is 0.220 e. The Morgan fingerprint density at radius 3 is 1.21 bits per heavy atom. The van der Waals surface area contributed by atoms with E-state index in [0.717, 1.165) is 64.2 Å². The lowest BCUT2D eigenvalue weighted by Gasteiger charge is -2.46. The number of hydrogen-bond acceptors (Lipinski definition) is 13. The smallest absolute Gasteiger partial charge is 0.220 e. The highest BCUT2D eigenvalue weighted by atomic mass is 16.7. The minimum atomic E-state index is -1.79. The van der Waals surface area contributed by atoms with Crippen LogP contribution in [0.15, 0.2) is 48.6 Å². The molecule has 12 unspecified atom stereocenters. The molecule has 0 aromatic rings. The molecule has 2 saturated heterocycles. The number of nitrogens with one attached hydrogen (secondary N) is 1. The summed E-state index contributed by atoms with van der Waals surface area (Å²) in [7, 11) is 0. The average Bonchev–Trinajstić information content (AvgIpc) is 3.47. The highest BCUT2D eigenvalue weighted by Gasteiger charge is 2.51. The van der Waals surface area contributed by atoms with Gasteiger partial charge in [0, 0.05) is 6.42 Å². The largest absolute Gasteiger partial charge is 0.394 e. The summed E-state index contributed by atoms with van der Waals surface area (Å²) in [5.41, 5.74) is 0. The first kappa shape index (κ1) is 75.0. The molecule has 1 amide bonds. The first-order valence-electron chi connectivity index (χ1n) is 33.4. The van der Waals surface area contributed by atoms with Gasteiger partial charge in [-0.15, -0.1) is 0 Å². The van der Waals surface area contributed by atoms with Crippen LogP contribution in [-0.2, 0) is 23.7 Å². The van der Waals surface area contributed by atoms with Crippen molar-refractivity contribution in [2.75, 3.05) is 19.8 Å². The van der Waals surface area contributed by atoms with Crippen LogP contribution in [0.3, 0.4) is 0 Å². The van der Waals surface area contributed by atoms with Gasteiger partial charge in [-0.05, 0) is 70.6 Å². The Bertz CT molecular complexity index is 1540. The molecule has 2 aliphatic heterocycles. The van der Waals surface area contributed by atoms with Crippen LogP contribution in [0.5, 0.6) is 0 Å². The van der Waals surface area contributed by atoms with E-state index in [2.05, 4.69) is 55.6 Å². The van der Waals surface area contributed by atoms with Crippen LogP contribution < -0.4 is 5.32 Å². The van der Waals surface area contributed by atoms with E-state index >= 15 is 0 Å². The lowest BCUT2D eigenvalue weighted by atomic mass is 9.97.